The maximum atomic E-state index is 12.3. The zero-order chi connectivity index (χ0) is 15.6. The highest BCUT2D eigenvalue weighted by atomic mass is 79.9. The number of benzene rings is 1. The van der Waals surface area contributed by atoms with E-state index < -0.39 is 0 Å². The summed E-state index contributed by atoms with van der Waals surface area (Å²) in [5.74, 6) is 0.412. The summed E-state index contributed by atoms with van der Waals surface area (Å²) in [6.45, 7) is 6.48. The molecule has 2 rings (SSSR count). The Hall–Kier alpha value is -1.33. The summed E-state index contributed by atoms with van der Waals surface area (Å²) in [6, 6.07) is 7.93. The first kappa shape index (κ1) is 16.0. The van der Waals surface area contributed by atoms with E-state index in [0.29, 0.717) is 10.6 Å². The molecule has 0 saturated heterocycles. The van der Waals surface area contributed by atoms with Crippen LogP contribution in [0.15, 0.2) is 34.1 Å². The van der Waals surface area contributed by atoms with Crippen LogP contribution in [0.3, 0.4) is 0 Å². The lowest BCUT2D eigenvalue weighted by Gasteiger charge is -2.19. The van der Waals surface area contributed by atoms with Crippen LogP contribution >= 0.6 is 27.3 Å². The molecule has 0 fully saturated rings. The third kappa shape index (κ3) is 3.66. The van der Waals surface area contributed by atoms with Crippen molar-refractivity contribution < 1.29 is 9.53 Å². The zero-order valence-corrected chi connectivity index (χ0v) is 14.9. The predicted molar refractivity (Wildman–Crippen MR) is 91.7 cm³/mol. The Morgan fingerprint density at radius 2 is 1.86 bits per heavy atom. The van der Waals surface area contributed by atoms with Gasteiger partial charge in [0.15, 0.2) is 5.75 Å². The maximum absolute atomic E-state index is 12.3. The number of nitrogens with one attached hydrogen (secondary N) is 1. The molecule has 1 aromatic carbocycles. The number of halogens is 1. The molecule has 1 aromatic heterocycles. The first-order valence-electron chi connectivity index (χ1n) is 6.56. The Morgan fingerprint density at radius 1 is 1.24 bits per heavy atom. The van der Waals surface area contributed by atoms with Crippen molar-refractivity contribution in [1.29, 1.82) is 0 Å². The molecule has 2 aromatic rings. The van der Waals surface area contributed by atoms with E-state index >= 15 is 0 Å². The molecule has 5 heteroatoms. The highest BCUT2D eigenvalue weighted by Gasteiger charge is 2.18. The number of hydrogen-bond donors (Lipinski definition) is 1. The van der Waals surface area contributed by atoms with Gasteiger partial charge in [-0.15, -0.1) is 11.3 Å². The molecule has 3 nitrogen and oxygen atoms in total. The van der Waals surface area contributed by atoms with E-state index in [2.05, 4.69) is 42.0 Å². The summed E-state index contributed by atoms with van der Waals surface area (Å²) in [5, 5.41) is 4.74. The van der Waals surface area contributed by atoms with Crippen molar-refractivity contribution in [3.63, 3.8) is 0 Å². The molecule has 0 unspecified atom stereocenters. The molecular formula is C16H18BrNO2S. The van der Waals surface area contributed by atoms with Crippen LogP contribution in [0.2, 0.25) is 0 Å². The van der Waals surface area contributed by atoms with Crippen molar-refractivity contribution in [3.8, 4) is 5.75 Å². The van der Waals surface area contributed by atoms with E-state index in [1.54, 1.807) is 7.11 Å². The van der Waals surface area contributed by atoms with Crippen LogP contribution in [0.5, 0.6) is 5.75 Å². The number of carbonyl (C=O) groups is 1. The van der Waals surface area contributed by atoms with Gasteiger partial charge in [-0.05, 0) is 39.0 Å². The van der Waals surface area contributed by atoms with Crippen LogP contribution in [-0.4, -0.2) is 13.0 Å². The summed E-state index contributed by atoms with van der Waals surface area (Å²) in [6.07, 6.45) is 0. The average Bonchev–Trinajstić information content (AvgIpc) is 2.79. The smallest absolute Gasteiger partial charge is 0.269 e. The molecule has 0 aliphatic heterocycles. The number of anilines is 1. The molecule has 0 aliphatic rings. The Kier molecular flexibility index (Phi) is 4.74. The standard InChI is InChI=1S/C16H18BrNO2S/c1-16(2,3)10-5-7-11(8-6-10)18-15(19)14-13(20-4)12(17)9-21-14/h5-9H,1-4H3,(H,18,19). The Bertz CT molecular complexity index is 641. The van der Waals surface area contributed by atoms with E-state index in [-0.39, 0.29) is 11.3 Å². The van der Waals surface area contributed by atoms with Gasteiger partial charge in [0.1, 0.15) is 4.88 Å². The second kappa shape index (κ2) is 6.20. The predicted octanol–water partition coefficient (Wildman–Crippen LogP) is 5.07. The second-order valence-electron chi connectivity index (χ2n) is 5.73. The van der Waals surface area contributed by atoms with Gasteiger partial charge in [-0.25, -0.2) is 0 Å². The summed E-state index contributed by atoms with van der Waals surface area (Å²) < 4.78 is 6.04. The molecule has 0 saturated carbocycles. The van der Waals surface area contributed by atoms with Crippen molar-refractivity contribution >= 4 is 38.9 Å². The average molecular weight is 368 g/mol. The molecule has 0 radical (unpaired) electrons. The van der Waals surface area contributed by atoms with Crippen molar-refractivity contribution in [1.82, 2.24) is 0 Å². The van der Waals surface area contributed by atoms with Gasteiger partial charge in [-0.1, -0.05) is 32.9 Å². The van der Waals surface area contributed by atoms with Crippen LogP contribution in [0.1, 0.15) is 36.0 Å². The van der Waals surface area contributed by atoms with E-state index in [1.807, 2.05) is 29.6 Å². The van der Waals surface area contributed by atoms with Gasteiger partial charge in [0, 0.05) is 11.1 Å². The summed E-state index contributed by atoms with van der Waals surface area (Å²) in [7, 11) is 1.56. The lowest BCUT2D eigenvalue weighted by molar-refractivity contribution is 0.102. The molecular weight excluding hydrogens is 350 g/mol. The SMILES string of the molecule is COc1c(Br)csc1C(=O)Nc1ccc(C(C)(C)C)cc1. The van der Waals surface area contributed by atoms with Gasteiger partial charge in [-0.3, -0.25) is 4.79 Å². The Balaban J connectivity index is 2.16. The Labute approximate surface area is 137 Å². The highest BCUT2D eigenvalue weighted by molar-refractivity contribution is 9.10. The minimum absolute atomic E-state index is 0.102. The first-order valence-corrected chi connectivity index (χ1v) is 8.23. The molecule has 1 heterocycles. The molecule has 1 N–H and O–H groups in total. The molecule has 0 spiro atoms. The maximum Gasteiger partial charge on any atom is 0.269 e. The van der Waals surface area contributed by atoms with Crippen molar-refractivity contribution in [2.75, 3.05) is 12.4 Å². The largest absolute Gasteiger partial charge is 0.494 e. The quantitative estimate of drug-likeness (QED) is 0.822. The third-order valence-electron chi connectivity index (χ3n) is 3.12. The fraction of sp³-hybridized carbons (Fsp3) is 0.312. The van der Waals surface area contributed by atoms with E-state index in [4.69, 9.17) is 4.74 Å². The van der Waals surface area contributed by atoms with Gasteiger partial charge in [0.2, 0.25) is 0 Å². The van der Waals surface area contributed by atoms with E-state index in [0.717, 1.165) is 10.2 Å². The number of thiophene rings is 1. The number of methoxy groups -OCH3 is 1. The fourth-order valence-corrected chi connectivity index (χ4v) is 3.47. The Morgan fingerprint density at radius 3 is 2.38 bits per heavy atom. The molecule has 1 amide bonds. The number of ether oxygens (including phenoxy) is 1. The molecule has 0 aliphatic carbocycles. The van der Waals surface area contributed by atoms with Crippen molar-refractivity contribution in [2.24, 2.45) is 0 Å². The fourth-order valence-electron chi connectivity index (χ4n) is 1.91. The molecule has 21 heavy (non-hydrogen) atoms. The van der Waals surface area contributed by atoms with Gasteiger partial charge in [0.25, 0.3) is 5.91 Å². The number of carbonyl (C=O) groups excluding carboxylic acids is 1. The van der Waals surface area contributed by atoms with Crippen LogP contribution < -0.4 is 10.1 Å². The van der Waals surface area contributed by atoms with Crippen LogP contribution in [0.25, 0.3) is 0 Å². The summed E-state index contributed by atoms with van der Waals surface area (Å²) in [4.78, 5) is 12.8. The molecule has 0 atom stereocenters. The highest BCUT2D eigenvalue weighted by Crippen LogP contribution is 2.35. The topological polar surface area (TPSA) is 38.3 Å². The lowest BCUT2D eigenvalue weighted by Crippen LogP contribution is -2.13. The normalized spacial score (nSPS) is 11.3. The van der Waals surface area contributed by atoms with E-state index in [9.17, 15) is 4.79 Å². The monoisotopic (exact) mass is 367 g/mol. The number of rotatable bonds is 3. The minimum Gasteiger partial charge on any atom is -0.494 e. The minimum atomic E-state index is -0.161. The van der Waals surface area contributed by atoms with Crippen LogP contribution in [-0.2, 0) is 5.41 Å². The van der Waals surface area contributed by atoms with Crippen molar-refractivity contribution in [3.05, 3.63) is 44.6 Å². The van der Waals surface area contributed by atoms with E-state index in [1.165, 1.54) is 16.9 Å². The third-order valence-corrected chi connectivity index (χ3v) is 4.97. The summed E-state index contributed by atoms with van der Waals surface area (Å²) in [5.41, 5.74) is 2.11. The first-order chi connectivity index (χ1) is 9.82. The lowest BCUT2D eigenvalue weighted by atomic mass is 9.87. The van der Waals surface area contributed by atoms with Crippen LogP contribution in [0, 0.1) is 0 Å². The van der Waals surface area contributed by atoms with Gasteiger partial charge in [-0.2, -0.15) is 0 Å². The van der Waals surface area contributed by atoms with Crippen LogP contribution in [0.4, 0.5) is 5.69 Å². The summed E-state index contributed by atoms with van der Waals surface area (Å²) >= 11 is 4.72. The van der Waals surface area contributed by atoms with Gasteiger partial charge >= 0.3 is 0 Å². The van der Waals surface area contributed by atoms with Gasteiger partial charge < -0.3 is 10.1 Å². The number of hydrogen-bond acceptors (Lipinski definition) is 3. The zero-order valence-electron chi connectivity index (χ0n) is 12.5. The molecule has 112 valence electrons. The van der Waals surface area contributed by atoms with Crippen molar-refractivity contribution in [2.45, 2.75) is 26.2 Å². The van der Waals surface area contributed by atoms with Gasteiger partial charge in [0.05, 0.1) is 11.6 Å². The number of amides is 1. The second-order valence-corrected chi connectivity index (χ2v) is 7.46. The molecule has 0 bridgehead atoms.